The fourth-order valence-corrected chi connectivity index (χ4v) is 2.96. The van der Waals surface area contributed by atoms with Gasteiger partial charge in [-0.15, -0.1) is 0 Å². The lowest BCUT2D eigenvalue weighted by Gasteiger charge is -2.17. The van der Waals surface area contributed by atoms with Gasteiger partial charge in [-0.25, -0.2) is 9.78 Å². The largest absolute Gasteiger partial charge is 0.481 e. The lowest BCUT2D eigenvalue weighted by atomic mass is 9.92. The van der Waals surface area contributed by atoms with Crippen molar-refractivity contribution in [3.63, 3.8) is 0 Å². The molecular formula is C21H17N3O3. The van der Waals surface area contributed by atoms with E-state index in [4.69, 9.17) is 15.6 Å². The molecule has 1 aromatic heterocycles. The zero-order valence-electron chi connectivity index (χ0n) is 14.6. The summed E-state index contributed by atoms with van der Waals surface area (Å²) >= 11 is 0. The maximum atomic E-state index is 10.9. The molecule has 0 bridgehead atoms. The number of aromatic nitrogens is 1. The number of anilines is 1. The second-order valence-corrected chi connectivity index (χ2v) is 5.88. The Morgan fingerprint density at radius 2 is 1.85 bits per heavy atom. The maximum Gasteiger partial charge on any atom is 0.341 e. The van der Waals surface area contributed by atoms with Gasteiger partial charge in [0.25, 0.3) is 0 Å². The second-order valence-electron chi connectivity index (χ2n) is 5.88. The Bertz CT molecular complexity index is 1040. The fourth-order valence-electron chi connectivity index (χ4n) is 2.96. The summed E-state index contributed by atoms with van der Waals surface area (Å²) < 4.78 is 5.42. The summed E-state index contributed by atoms with van der Waals surface area (Å²) in [5, 5.41) is 18.6. The second kappa shape index (κ2) is 7.58. The Morgan fingerprint density at radius 1 is 1.19 bits per heavy atom. The Balaban J connectivity index is 2.26. The van der Waals surface area contributed by atoms with E-state index in [1.54, 1.807) is 24.3 Å². The Morgan fingerprint density at radius 3 is 2.52 bits per heavy atom. The molecule has 3 aromatic rings. The van der Waals surface area contributed by atoms with Crippen LogP contribution in [0.4, 0.5) is 5.82 Å². The zero-order chi connectivity index (χ0) is 19.4. The number of carbonyl (C=O) groups is 1. The summed E-state index contributed by atoms with van der Waals surface area (Å²) in [6.07, 6.45) is 0. The highest BCUT2D eigenvalue weighted by Crippen LogP contribution is 2.39. The van der Waals surface area contributed by atoms with Crippen LogP contribution in [0.3, 0.4) is 0 Å². The van der Waals surface area contributed by atoms with Crippen molar-refractivity contribution in [1.29, 1.82) is 5.26 Å². The van der Waals surface area contributed by atoms with Gasteiger partial charge in [-0.3, -0.25) is 0 Å². The van der Waals surface area contributed by atoms with Crippen molar-refractivity contribution < 1.29 is 14.6 Å². The minimum absolute atomic E-state index is 0.116. The number of ether oxygens (including phenoxy) is 1. The predicted octanol–water partition coefficient (Wildman–Crippen LogP) is 3.64. The van der Waals surface area contributed by atoms with Crippen LogP contribution in [0.25, 0.3) is 22.4 Å². The van der Waals surface area contributed by atoms with Gasteiger partial charge < -0.3 is 15.6 Å². The number of aliphatic carboxylic acids is 1. The summed E-state index contributed by atoms with van der Waals surface area (Å²) in [5.74, 6) is -0.602. The summed E-state index contributed by atoms with van der Waals surface area (Å²) in [7, 11) is 0. The number of nitrogens with zero attached hydrogens (tertiary/aromatic N) is 2. The Hall–Kier alpha value is -3.85. The van der Waals surface area contributed by atoms with E-state index in [0.717, 1.165) is 11.1 Å². The lowest BCUT2D eigenvalue weighted by Crippen LogP contribution is -2.10. The molecule has 0 radical (unpaired) electrons. The van der Waals surface area contributed by atoms with E-state index in [2.05, 4.69) is 11.1 Å². The molecule has 0 aliphatic heterocycles. The average molecular weight is 359 g/mol. The van der Waals surface area contributed by atoms with Gasteiger partial charge in [0.1, 0.15) is 23.2 Å². The van der Waals surface area contributed by atoms with Gasteiger partial charge in [-0.2, -0.15) is 5.26 Å². The number of nitriles is 1. The van der Waals surface area contributed by atoms with Crippen molar-refractivity contribution in [3.05, 3.63) is 65.7 Å². The van der Waals surface area contributed by atoms with Crippen LogP contribution in [0.1, 0.15) is 11.1 Å². The van der Waals surface area contributed by atoms with E-state index in [1.165, 1.54) is 0 Å². The molecule has 0 fully saturated rings. The molecule has 2 aromatic carbocycles. The van der Waals surface area contributed by atoms with Crippen molar-refractivity contribution in [3.8, 4) is 34.2 Å². The van der Waals surface area contributed by atoms with Gasteiger partial charge >= 0.3 is 5.97 Å². The molecule has 0 aliphatic rings. The van der Waals surface area contributed by atoms with E-state index >= 15 is 0 Å². The number of hydrogen-bond donors (Lipinski definition) is 2. The molecule has 27 heavy (non-hydrogen) atoms. The van der Waals surface area contributed by atoms with Crippen molar-refractivity contribution in [2.24, 2.45) is 0 Å². The molecule has 3 N–H and O–H groups in total. The SMILES string of the molecule is Cc1c(-c2ccccc2)nc(N)c(C#N)c1-c1ccccc1OCC(=O)O. The number of carboxylic acids is 1. The summed E-state index contributed by atoms with van der Waals surface area (Å²) in [5.41, 5.74) is 9.80. The summed E-state index contributed by atoms with van der Waals surface area (Å²) in [6, 6.07) is 18.6. The maximum absolute atomic E-state index is 10.9. The smallest absolute Gasteiger partial charge is 0.341 e. The van der Waals surface area contributed by atoms with Crippen LogP contribution in [-0.4, -0.2) is 22.7 Å². The van der Waals surface area contributed by atoms with Gasteiger partial charge in [0.05, 0.1) is 5.69 Å². The van der Waals surface area contributed by atoms with Crippen molar-refractivity contribution in [2.75, 3.05) is 12.3 Å². The Labute approximate surface area is 156 Å². The normalized spacial score (nSPS) is 10.2. The van der Waals surface area contributed by atoms with Crippen LogP contribution in [0.2, 0.25) is 0 Å². The number of pyridine rings is 1. The standard InChI is InChI=1S/C21H17N3O3/c1-13-19(15-9-5-6-10-17(15)27-12-18(25)26)16(11-22)21(23)24-20(13)14-7-3-2-4-8-14/h2-10H,12H2,1H3,(H2,23,24)(H,25,26). The van der Waals surface area contributed by atoms with Crippen molar-refractivity contribution in [1.82, 2.24) is 4.98 Å². The molecule has 134 valence electrons. The fraction of sp³-hybridized carbons (Fsp3) is 0.0952. The minimum atomic E-state index is -1.08. The third kappa shape index (κ3) is 3.58. The molecule has 0 aliphatic carbocycles. The third-order valence-electron chi connectivity index (χ3n) is 4.14. The summed E-state index contributed by atoms with van der Waals surface area (Å²) in [4.78, 5) is 15.3. The van der Waals surface area contributed by atoms with Crippen LogP contribution >= 0.6 is 0 Å². The number of hydrogen-bond acceptors (Lipinski definition) is 5. The molecule has 3 rings (SSSR count). The first-order valence-corrected chi connectivity index (χ1v) is 8.22. The lowest BCUT2D eigenvalue weighted by molar-refractivity contribution is -0.139. The molecule has 1 heterocycles. The molecule has 6 heteroatoms. The van der Waals surface area contributed by atoms with Gasteiger partial charge in [0.2, 0.25) is 0 Å². The van der Waals surface area contributed by atoms with Crippen LogP contribution < -0.4 is 10.5 Å². The topological polar surface area (TPSA) is 109 Å². The van der Waals surface area contributed by atoms with Gasteiger partial charge in [-0.05, 0) is 18.6 Å². The van der Waals surface area contributed by atoms with Gasteiger partial charge in [0.15, 0.2) is 6.61 Å². The number of para-hydroxylation sites is 1. The molecule has 0 spiro atoms. The van der Waals surface area contributed by atoms with Crippen LogP contribution in [-0.2, 0) is 4.79 Å². The third-order valence-corrected chi connectivity index (χ3v) is 4.14. The van der Waals surface area contributed by atoms with Gasteiger partial charge in [-0.1, -0.05) is 48.5 Å². The Kier molecular flexibility index (Phi) is 5.04. The number of nitrogens with two attached hydrogens (primary N) is 1. The molecule has 0 saturated heterocycles. The van der Waals surface area contributed by atoms with E-state index in [-0.39, 0.29) is 11.4 Å². The van der Waals surface area contributed by atoms with Gasteiger partial charge in [0, 0.05) is 16.7 Å². The first-order valence-electron chi connectivity index (χ1n) is 8.22. The first-order chi connectivity index (χ1) is 13.0. The highest BCUT2D eigenvalue weighted by molar-refractivity contribution is 5.86. The monoisotopic (exact) mass is 359 g/mol. The molecule has 0 atom stereocenters. The van der Waals surface area contributed by atoms with Crippen molar-refractivity contribution in [2.45, 2.75) is 6.92 Å². The molecule has 6 nitrogen and oxygen atoms in total. The van der Waals surface area contributed by atoms with Crippen LogP contribution in [0.5, 0.6) is 5.75 Å². The highest BCUT2D eigenvalue weighted by atomic mass is 16.5. The van der Waals surface area contributed by atoms with Crippen molar-refractivity contribution >= 4 is 11.8 Å². The molecular weight excluding hydrogens is 342 g/mol. The average Bonchev–Trinajstić information content (AvgIpc) is 2.68. The van der Waals surface area contributed by atoms with E-state index in [0.29, 0.717) is 22.6 Å². The zero-order valence-corrected chi connectivity index (χ0v) is 14.6. The van der Waals surface area contributed by atoms with Crippen LogP contribution in [0, 0.1) is 18.3 Å². The number of rotatable bonds is 5. The predicted molar refractivity (Wildman–Crippen MR) is 102 cm³/mol. The molecule has 0 amide bonds. The number of carboxylic acid groups (broad SMARTS) is 1. The number of benzene rings is 2. The first kappa shape index (κ1) is 18.0. The highest BCUT2D eigenvalue weighted by Gasteiger charge is 2.21. The quantitative estimate of drug-likeness (QED) is 0.720. The van der Waals surface area contributed by atoms with E-state index < -0.39 is 12.6 Å². The number of nitrogen functional groups attached to an aromatic ring is 1. The molecule has 0 saturated carbocycles. The minimum Gasteiger partial charge on any atom is -0.481 e. The van der Waals surface area contributed by atoms with E-state index in [1.807, 2.05) is 37.3 Å². The summed E-state index contributed by atoms with van der Waals surface area (Å²) in [6.45, 7) is 1.38. The van der Waals surface area contributed by atoms with Crippen LogP contribution in [0.15, 0.2) is 54.6 Å². The van der Waals surface area contributed by atoms with E-state index in [9.17, 15) is 10.1 Å². The molecule has 0 unspecified atom stereocenters.